The third-order valence-corrected chi connectivity index (χ3v) is 6.19. The maximum absolute atomic E-state index is 13.2. The molecule has 4 heteroatoms. The summed E-state index contributed by atoms with van der Waals surface area (Å²) in [6.07, 6.45) is 3.41. The molecule has 3 aliphatic rings. The second-order valence-corrected chi connectivity index (χ2v) is 8.29. The number of carbonyl (C=O) groups is 1. The van der Waals surface area contributed by atoms with Crippen LogP contribution in [0.4, 0.5) is 0 Å². The fourth-order valence-electron chi connectivity index (χ4n) is 5.10. The van der Waals surface area contributed by atoms with Crippen LogP contribution in [0.5, 0.6) is 0 Å². The molecule has 3 rings (SSSR count). The van der Waals surface area contributed by atoms with E-state index in [9.17, 15) is 4.79 Å². The average molecular weight is 294 g/mol. The monoisotopic (exact) mass is 294 g/mol. The summed E-state index contributed by atoms with van der Waals surface area (Å²) in [6, 6.07) is 0. The van der Waals surface area contributed by atoms with E-state index in [1.807, 2.05) is 4.90 Å². The minimum atomic E-state index is -0.741. The quantitative estimate of drug-likeness (QED) is 0.805. The third kappa shape index (κ3) is 2.06. The highest BCUT2D eigenvalue weighted by Gasteiger charge is 2.70. The van der Waals surface area contributed by atoms with Gasteiger partial charge in [-0.2, -0.15) is 0 Å². The largest absolute Gasteiger partial charge is 0.377 e. The number of fused-ring (bicyclic) bond motifs is 1. The number of hydrogen-bond acceptors (Lipinski definition) is 3. The summed E-state index contributed by atoms with van der Waals surface area (Å²) in [7, 11) is 0. The van der Waals surface area contributed by atoms with Gasteiger partial charge < -0.3 is 15.4 Å². The molecule has 0 bridgehead atoms. The Balaban J connectivity index is 1.82. The molecule has 0 spiro atoms. The Morgan fingerprint density at radius 1 is 1.24 bits per heavy atom. The molecule has 0 aromatic heterocycles. The lowest BCUT2D eigenvalue weighted by atomic mass is 9.46. The van der Waals surface area contributed by atoms with Crippen molar-refractivity contribution in [1.82, 2.24) is 4.90 Å². The number of rotatable bonds is 1. The first-order valence-electron chi connectivity index (χ1n) is 8.48. The van der Waals surface area contributed by atoms with E-state index in [2.05, 4.69) is 27.7 Å². The molecule has 120 valence electrons. The van der Waals surface area contributed by atoms with Crippen LogP contribution in [-0.4, -0.2) is 42.1 Å². The number of nitrogens with zero attached hydrogens (tertiary/aromatic N) is 1. The van der Waals surface area contributed by atoms with Gasteiger partial charge in [0.25, 0.3) is 0 Å². The van der Waals surface area contributed by atoms with Crippen molar-refractivity contribution in [2.45, 2.75) is 58.6 Å². The predicted molar refractivity (Wildman–Crippen MR) is 82.7 cm³/mol. The maximum Gasteiger partial charge on any atom is 0.243 e. The van der Waals surface area contributed by atoms with Crippen molar-refractivity contribution < 1.29 is 9.53 Å². The van der Waals surface area contributed by atoms with Crippen molar-refractivity contribution in [2.75, 3.05) is 19.7 Å². The topological polar surface area (TPSA) is 55.6 Å². The van der Waals surface area contributed by atoms with Gasteiger partial charge in [0.05, 0.1) is 6.10 Å². The van der Waals surface area contributed by atoms with E-state index in [1.165, 1.54) is 6.42 Å². The van der Waals surface area contributed by atoms with Crippen molar-refractivity contribution in [1.29, 1.82) is 0 Å². The van der Waals surface area contributed by atoms with Crippen LogP contribution in [-0.2, 0) is 9.53 Å². The molecule has 2 aliphatic heterocycles. The van der Waals surface area contributed by atoms with Gasteiger partial charge >= 0.3 is 0 Å². The van der Waals surface area contributed by atoms with Gasteiger partial charge in [0, 0.05) is 31.0 Å². The molecule has 2 heterocycles. The van der Waals surface area contributed by atoms with Gasteiger partial charge in [-0.15, -0.1) is 0 Å². The third-order valence-electron chi connectivity index (χ3n) is 6.19. The highest BCUT2D eigenvalue weighted by Crippen LogP contribution is 2.58. The van der Waals surface area contributed by atoms with Gasteiger partial charge in [-0.05, 0) is 31.1 Å². The summed E-state index contributed by atoms with van der Waals surface area (Å²) in [5, 5.41) is 0. The highest BCUT2D eigenvalue weighted by molar-refractivity contribution is 5.89. The second kappa shape index (κ2) is 4.95. The van der Waals surface area contributed by atoms with Gasteiger partial charge in [-0.25, -0.2) is 0 Å². The summed E-state index contributed by atoms with van der Waals surface area (Å²) < 4.78 is 5.92. The Morgan fingerprint density at radius 3 is 2.48 bits per heavy atom. The summed E-state index contributed by atoms with van der Waals surface area (Å²) in [6.45, 7) is 11.2. The summed E-state index contributed by atoms with van der Waals surface area (Å²) in [5.74, 6) is 1.50. The lowest BCUT2D eigenvalue weighted by molar-refractivity contribution is -0.231. The Morgan fingerprint density at radius 2 is 1.86 bits per heavy atom. The molecule has 2 N–H and O–H groups in total. The minimum absolute atomic E-state index is 0.153. The lowest BCUT2D eigenvalue weighted by Crippen LogP contribution is -2.82. The van der Waals surface area contributed by atoms with Crippen LogP contribution < -0.4 is 5.73 Å². The van der Waals surface area contributed by atoms with Crippen LogP contribution in [0.15, 0.2) is 0 Å². The number of hydrogen-bond donors (Lipinski definition) is 1. The average Bonchev–Trinajstić information content (AvgIpc) is 2.44. The fraction of sp³-hybridized carbons (Fsp3) is 0.941. The van der Waals surface area contributed by atoms with Crippen molar-refractivity contribution in [3.63, 3.8) is 0 Å². The summed E-state index contributed by atoms with van der Waals surface area (Å²) in [5.41, 5.74) is 5.72. The number of likely N-dealkylation sites (tertiary alicyclic amines) is 1. The molecule has 5 unspecified atom stereocenters. The van der Waals surface area contributed by atoms with E-state index in [-0.39, 0.29) is 23.3 Å². The zero-order valence-corrected chi connectivity index (χ0v) is 13.9. The van der Waals surface area contributed by atoms with Gasteiger partial charge in [0.1, 0.15) is 5.54 Å². The van der Waals surface area contributed by atoms with Crippen molar-refractivity contribution in [2.24, 2.45) is 28.9 Å². The van der Waals surface area contributed by atoms with E-state index in [1.54, 1.807) is 0 Å². The van der Waals surface area contributed by atoms with E-state index >= 15 is 0 Å². The summed E-state index contributed by atoms with van der Waals surface area (Å²) in [4.78, 5) is 15.2. The van der Waals surface area contributed by atoms with Crippen molar-refractivity contribution >= 4 is 5.91 Å². The van der Waals surface area contributed by atoms with Crippen molar-refractivity contribution in [3.05, 3.63) is 0 Å². The minimum Gasteiger partial charge on any atom is -0.377 e. The molecular formula is C17H30N2O2. The molecule has 0 aromatic rings. The molecule has 1 aliphatic carbocycles. The van der Waals surface area contributed by atoms with E-state index < -0.39 is 5.54 Å². The summed E-state index contributed by atoms with van der Waals surface area (Å²) >= 11 is 0. The lowest BCUT2D eigenvalue weighted by Gasteiger charge is -2.66. The molecule has 0 aromatic carbocycles. The van der Waals surface area contributed by atoms with Gasteiger partial charge in [-0.1, -0.05) is 27.7 Å². The number of amides is 1. The smallest absolute Gasteiger partial charge is 0.243 e. The van der Waals surface area contributed by atoms with Gasteiger partial charge in [-0.3, -0.25) is 4.79 Å². The predicted octanol–water partition coefficient (Wildman–Crippen LogP) is 2.02. The van der Waals surface area contributed by atoms with Gasteiger partial charge in [0.15, 0.2) is 0 Å². The first-order valence-corrected chi connectivity index (χ1v) is 8.48. The molecule has 5 atom stereocenters. The van der Waals surface area contributed by atoms with Crippen LogP contribution >= 0.6 is 0 Å². The Labute approximate surface area is 128 Å². The first kappa shape index (κ1) is 15.3. The van der Waals surface area contributed by atoms with Crippen molar-refractivity contribution in [3.8, 4) is 0 Å². The van der Waals surface area contributed by atoms with Crippen LogP contribution in [0.25, 0.3) is 0 Å². The SMILES string of the molecule is CC1CC(C)CN(C(=O)C2(N)C3CCCOC3C2(C)C)C1. The van der Waals surface area contributed by atoms with E-state index in [0.717, 1.165) is 32.5 Å². The zero-order chi connectivity index (χ0) is 15.4. The Kier molecular flexibility index (Phi) is 3.61. The Bertz CT molecular complexity index is 427. The maximum atomic E-state index is 13.2. The highest BCUT2D eigenvalue weighted by atomic mass is 16.5. The molecular weight excluding hydrogens is 264 g/mol. The van der Waals surface area contributed by atoms with E-state index in [4.69, 9.17) is 10.5 Å². The molecule has 1 amide bonds. The molecule has 21 heavy (non-hydrogen) atoms. The standard InChI is InChI=1S/C17H30N2O2/c1-11-8-12(2)10-19(9-11)15(20)17(18)13-6-5-7-21-14(13)16(17,3)4/h11-14H,5-10,18H2,1-4H3. The fourth-order valence-corrected chi connectivity index (χ4v) is 5.10. The van der Waals surface area contributed by atoms with Crippen LogP contribution in [0.2, 0.25) is 0 Å². The molecule has 4 nitrogen and oxygen atoms in total. The number of ether oxygens (including phenoxy) is 1. The normalized spacial score (nSPS) is 45.7. The number of piperidine rings is 1. The second-order valence-electron chi connectivity index (χ2n) is 8.29. The zero-order valence-electron chi connectivity index (χ0n) is 13.9. The number of carbonyl (C=O) groups excluding carboxylic acids is 1. The van der Waals surface area contributed by atoms with Crippen LogP contribution in [0.1, 0.15) is 47.0 Å². The number of nitrogens with two attached hydrogens (primary N) is 1. The van der Waals surface area contributed by atoms with Crippen LogP contribution in [0.3, 0.4) is 0 Å². The molecule has 1 saturated carbocycles. The van der Waals surface area contributed by atoms with Gasteiger partial charge in [0.2, 0.25) is 5.91 Å². The molecule has 0 radical (unpaired) electrons. The molecule has 2 saturated heterocycles. The van der Waals surface area contributed by atoms with E-state index in [0.29, 0.717) is 11.8 Å². The molecule has 3 fully saturated rings. The first-order chi connectivity index (χ1) is 9.78. The van der Waals surface area contributed by atoms with Crippen LogP contribution in [0, 0.1) is 23.2 Å². The Hall–Kier alpha value is -0.610.